The average Bonchev–Trinajstić information content (AvgIpc) is 2.34. The number of hydrogen-bond acceptors (Lipinski definition) is 3. The van der Waals surface area contributed by atoms with E-state index in [2.05, 4.69) is 41.8 Å². The summed E-state index contributed by atoms with van der Waals surface area (Å²) in [4.78, 5) is 0. The molecule has 0 saturated heterocycles. The molecule has 3 N–H and O–H groups in total. The maximum Gasteiger partial charge on any atom is 0.0636 e. The molecule has 0 saturated carbocycles. The third-order valence-corrected chi connectivity index (χ3v) is 2.68. The summed E-state index contributed by atoms with van der Waals surface area (Å²) >= 11 is 0. The number of aliphatic hydroxyl groups is 1. The second kappa shape index (κ2) is 12.7. The van der Waals surface area contributed by atoms with E-state index in [1.807, 2.05) is 0 Å². The van der Waals surface area contributed by atoms with Crippen LogP contribution in [0.1, 0.15) is 25.0 Å². The van der Waals surface area contributed by atoms with Crippen molar-refractivity contribution in [3.05, 3.63) is 35.4 Å². The Hall–Kier alpha value is -0.320. The Morgan fingerprint density at radius 2 is 1.53 bits per heavy atom. The van der Waals surface area contributed by atoms with Crippen LogP contribution in [-0.2, 0) is 13.0 Å². The van der Waals surface area contributed by atoms with Crippen LogP contribution in [0.5, 0.6) is 0 Å². The van der Waals surface area contributed by atoms with Crippen molar-refractivity contribution in [1.82, 2.24) is 10.6 Å². The number of halogens is 2. The predicted octanol–water partition coefficient (Wildman–Crippen LogP) is 2.15. The van der Waals surface area contributed by atoms with Gasteiger partial charge in [-0.1, -0.05) is 31.2 Å². The van der Waals surface area contributed by atoms with Crippen LogP contribution in [0.3, 0.4) is 0 Å². The first-order valence-electron chi connectivity index (χ1n) is 6.39. The molecule has 1 unspecified atom stereocenters. The van der Waals surface area contributed by atoms with Crippen LogP contribution < -0.4 is 10.6 Å². The van der Waals surface area contributed by atoms with E-state index >= 15 is 0 Å². The van der Waals surface area contributed by atoms with Crippen molar-refractivity contribution in [2.75, 3.05) is 19.6 Å². The molecule has 0 radical (unpaired) electrons. The lowest BCUT2D eigenvalue weighted by molar-refractivity contribution is 0.191. The highest BCUT2D eigenvalue weighted by Gasteiger charge is 1.95. The number of rotatable bonds is 8. The lowest BCUT2D eigenvalue weighted by Gasteiger charge is -2.08. The predicted molar refractivity (Wildman–Crippen MR) is 86.6 cm³/mol. The van der Waals surface area contributed by atoms with E-state index in [9.17, 15) is 0 Å². The molecular weight excluding hydrogens is 283 g/mol. The van der Waals surface area contributed by atoms with Crippen LogP contribution in [0.15, 0.2) is 24.3 Å². The zero-order valence-electron chi connectivity index (χ0n) is 11.7. The van der Waals surface area contributed by atoms with Crippen molar-refractivity contribution in [2.45, 2.75) is 32.9 Å². The monoisotopic (exact) mass is 308 g/mol. The van der Waals surface area contributed by atoms with Crippen molar-refractivity contribution in [2.24, 2.45) is 0 Å². The number of aliphatic hydroxyl groups excluding tert-OH is 1. The van der Waals surface area contributed by atoms with Crippen LogP contribution in [0.2, 0.25) is 0 Å². The quantitative estimate of drug-likeness (QED) is 0.645. The third-order valence-electron chi connectivity index (χ3n) is 2.68. The second-order valence-electron chi connectivity index (χ2n) is 4.40. The Bertz CT molecular complexity index is 305. The average molecular weight is 309 g/mol. The molecule has 112 valence electrons. The van der Waals surface area contributed by atoms with Gasteiger partial charge in [0.15, 0.2) is 0 Å². The second-order valence-corrected chi connectivity index (χ2v) is 4.40. The molecule has 0 aliphatic heterocycles. The fourth-order valence-electron chi connectivity index (χ4n) is 1.61. The van der Waals surface area contributed by atoms with E-state index < -0.39 is 0 Å². The normalized spacial score (nSPS) is 11.3. The molecule has 0 aromatic heterocycles. The molecule has 0 fully saturated rings. The van der Waals surface area contributed by atoms with E-state index in [0.29, 0.717) is 6.54 Å². The van der Waals surface area contributed by atoms with E-state index in [4.69, 9.17) is 5.11 Å². The number of nitrogens with one attached hydrogen (secondary N) is 2. The summed E-state index contributed by atoms with van der Waals surface area (Å²) in [5.41, 5.74) is 2.70. The molecule has 1 rings (SSSR count). The van der Waals surface area contributed by atoms with Gasteiger partial charge in [-0.2, -0.15) is 0 Å². The zero-order chi connectivity index (χ0) is 12.5. The minimum absolute atomic E-state index is 0. The summed E-state index contributed by atoms with van der Waals surface area (Å²) in [6.07, 6.45) is 0.827. The van der Waals surface area contributed by atoms with Crippen molar-refractivity contribution in [3.63, 3.8) is 0 Å². The van der Waals surface area contributed by atoms with E-state index in [0.717, 1.165) is 26.1 Å². The molecule has 0 bridgehead atoms. The van der Waals surface area contributed by atoms with Gasteiger partial charge in [-0.25, -0.2) is 0 Å². The minimum Gasteiger partial charge on any atom is -0.392 e. The largest absolute Gasteiger partial charge is 0.392 e. The van der Waals surface area contributed by atoms with Gasteiger partial charge < -0.3 is 15.7 Å². The molecule has 19 heavy (non-hydrogen) atoms. The molecule has 0 aliphatic carbocycles. The highest BCUT2D eigenvalue weighted by atomic mass is 35.5. The van der Waals surface area contributed by atoms with Gasteiger partial charge in [0.1, 0.15) is 0 Å². The summed E-state index contributed by atoms with van der Waals surface area (Å²) in [5.74, 6) is 0. The Morgan fingerprint density at radius 3 is 2.05 bits per heavy atom. The highest BCUT2D eigenvalue weighted by molar-refractivity contribution is 5.85. The summed E-state index contributed by atoms with van der Waals surface area (Å²) in [5, 5.41) is 15.6. The maximum absolute atomic E-state index is 9.05. The van der Waals surface area contributed by atoms with E-state index in [1.54, 1.807) is 6.92 Å². The Balaban J connectivity index is 0. The fourth-order valence-corrected chi connectivity index (χ4v) is 1.61. The zero-order valence-corrected chi connectivity index (χ0v) is 13.3. The Labute approximate surface area is 129 Å². The van der Waals surface area contributed by atoms with Crippen molar-refractivity contribution >= 4 is 24.8 Å². The van der Waals surface area contributed by atoms with Gasteiger partial charge in [0, 0.05) is 26.2 Å². The van der Waals surface area contributed by atoms with Crippen LogP contribution in [0, 0.1) is 0 Å². The summed E-state index contributed by atoms with van der Waals surface area (Å²) < 4.78 is 0. The molecule has 1 atom stereocenters. The molecular formula is C14H26Cl2N2O. The Kier molecular flexibility index (Phi) is 14.0. The lowest BCUT2D eigenvalue weighted by Crippen LogP contribution is -2.31. The van der Waals surface area contributed by atoms with Crippen molar-refractivity contribution in [1.29, 1.82) is 0 Å². The highest BCUT2D eigenvalue weighted by Crippen LogP contribution is 2.04. The van der Waals surface area contributed by atoms with Crippen LogP contribution in [-0.4, -0.2) is 30.8 Å². The SMILES string of the molecule is CCc1ccc(CNCCNCC(C)O)cc1.Cl.Cl. The Morgan fingerprint density at radius 1 is 1.00 bits per heavy atom. The van der Waals surface area contributed by atoms with Gasteiger partial charge in [0.2, 0.25) is 0 Å². The number of aryl methyl sites for hydroxylation is 1. The first-order valence-corrected chi connectivity index (χ1v) is 6.39. The summed E-state index contributed by atoms with van der Waals surface area (Å²) in [6.45, 7) is 7.32. The lowest BCUT2D eigenvalue weighted by atomic mass is 10.1. The molecule has 0 heterocycles. The van der Waals surface area contributed by atoms with Crippen molar-refractivity contribution < 1.29 is 5.11 Å². The fraction of sp³-hybridized carbons (Fsp3) is 0.571. The smallest absolute Gasteiger partial charge is 0.0636 e. The van der Waals surface area contributed by atoms with Gasteiger partial charge >= 0.3 is 0 Å². The molecule has 1 aromatic carbocycles. The molecule has 5 heteroatoms. The standard InChI is InChI=1S/C14H24N2O.2ClH/c1-3-13-4-6-14(7-5-13)11-16-9-8-15-10-12(2)17;;/h4-7,12,15-17H,3,8-11H2,1-2H3;2*1H. The van der Waals surface area contributed by atoms with E-state index in [-0.39, 0.29) is 30.9 Å². The molecule has 3 nitrogen and oxygen atoms in total. The minimum atomic E-state index is -0.267. The van der Waals surface area contributed by atoms with E-state index in [1.165, 1.54) is 11.1 Å². The molecule has 0 amide bonds. The number of hydrogen-bond donors (Lipinski definition) is 3. The van der Waals surface area contributed by atoms with Gasteiger partial charge in [0.05, 0.1) is 6.10 Å². The summed E-state index contributed by atoms with van der Waals surface area (Å²) in [7, 11) is 0. The molecule has 1 aromatic rings. The van der Waals surface area contributed by atoms with Crippen LogP contribution in [0.25, 0.3) is 0 Å². The van der Waals surface area contributed by atoms with Gasteiger partial charge in [0.25, 0.3) is 0 Å². The van der Waals surface area contributed by atoms with Crippen LogP contribution >= 0.6 is 24.8 Å². The summed E-state index contributed by atoms with van der Waals surface area (Å²) in [6, 6.07) is 8.72. The maximum atomic E-state index is 9.05. The molecule has 0 aliphatic rings. The van der Waals surface area contributed by atoms with Gasteiger partial charge in [-0.15, -0.1) is 24.8 Å². The third kappa shape index (κ3) is 10.2. The van der Waals surface area contributed by atoms with Crippen molar-refractivity contribution in [3.8, 4) is 0 Å². The molecule has 0 spiro atoms. The van der Waals surface area contributed by atoms with Crippen LogP contribution in [0.4, 0.5) is 0 Å². The van der Waals surface area contributed by atoms with Gasteiger partial charge in [-0.05, 0) is 24.5 Å². The first-order chi connectivity index (χ1) is 8.22. The van der Waals surface area contributed by atoms with Gasteiger partial charge in [-0.3, -0.25) is 0 Å². The topological polar surface area (TPSA) is 44.3 Å². The first kappa shape index (κ1) is 21.0. The number of benzene rings is 1.